The fourth-order valence-corrected chi connectivity index (χ4v) is 2.56. The summed E-state index contributed by atoms with van der Waals surface area (Å²) in [4.78, 5) is 25.1. The molecule has 1 heterocycles. The number of aromatic carboxylic acids is 1. The predicted octanol–water partition coefficient (Wildman–Crippen LogP) is 3.31. The van der Waals surface area contributed by atoms with Gasteiger partial charge >= 0.3 is 12.1 Å². The number of rotatable bonds is 1. The summed E-state index contributed by atoms with van der Waals surface area (Å²) in [6.07, 6.45) is -0.0828. The first-order valence-electron chi connectivity index (χ1n) is 7.37. The Morgan fingerprint density at radius 3 is 2.57 bits per heavy atom. The number of fused-ring (bicyclic) bond motifs is 1. The molecule has 6 nitrogen and oxygen atoms in total. The topological polar surface area (TPSA) is 90.6 Å². The summed E-state index contributed by atoms with van der Waals surface area (Å²) >= 11 is 0. The summed E-state index contributed by atoms with van der Waals surface area (Å²) < 4.78 is 5.40. The van der Waals surface area contributed by atoms with Gasteiger partial charge in [-0.1, -0.05) is 0 Å². The molecule has 0 saturated carbocycles. The zero-order valence-electron chi connectivity index (χ0n) is 13.7. The van der Waals surface area contributed by atoms with Crippen LogP contribution in [0.1, 0.15) is 50.0 Å². The van der Waals surface area contributed by atoms with E-state index in [1.165, 1.54) is 17.0 Å². The maximum absolute atomic E-state index is 12.4. The number of benzene rings is 1. The van der Waals surface area contributed by atoms with Gasteiger partial charge in [0.2, 0.25) is 0 Å². The second-order valence-electron chi connectivity index (χ2n) is 6.86. The lowest BCUT2D eigenvalue weighted by atomic mass is 9.76. The van der Waals surface area contributed by atoms with Crippen LogP contribution in [0.2, 0.25) is 0 Å². The first-order valence-corrected chi connectivity index (χ1v) is 7.37. The minimum Gasteiger partial charge on any atom is -0.478 e. The molecule has 0 aromatic heterocycles. The van der Waals surface area contributed by atoms with E-state index in [0.29, 0.717) is 24.2 Å². The van der Waals surface area contributed by atoms with E-state index in [1.807, 2.05) is 0 Å². The largest absolute Gasteiger partial charge is 0.478 e. The van der Waals surface area contributed by atoms with Crippen molar-refractivity contribution in [2.45, 2.75) is 45.1 Å². The number of nitrogens with zero attached hydrogens (tertiary/aromatic N) is 2. The van der Waals surface area contributed by atoms with Gasteiger partial charge in [0.05, 0.1) is 22.7 Å². The van der Waals surface area contributed by atoms with Crippen LogP contribution in [0.4, 0.5) is 10.5 Å². The number of hydrogen-bond acceptors (Lipinski definition) is 4. The molecule has 1 atom stereocenters. The van der Waals surface area contributed by atoms with Gasteiger partial charge in [0.1, 0.15) is 5.60 Å². The molecule has 0 bridgehead atoms. The Morgan fingerprint density at radius 2 is 2.04 bits per heavy atom. The quantitative estimate of drug-likeness (QED) is 0.858. The fraction of sp³-hybridized carbons (Fsp3) is 0.471. The van der Waals surface area contributed by atoms with Gasteiger partial charge in [-0.3, -0.25) is 4.90 Å². The third kappa shape index (κ3) is 3.29. The Bertz CT molecular complexity index is 700. The number of ether oxygens (including phenoxy) is 1. The summed E-state index contributed by atoms with van der Waals surface area (Å²) in [7, 11) is 0. The highest BCUT2D eigenvalue weighted by molar-refractivity contribution is 5.93. The van der Waals surface area contributed by atoms with Gasteiger partial charge < -0.3 is 9.84 Å². The summed E-state index contributed by atoms with van der Waals surface area (Å²) in [6, 6.07) is 6.71. The first kappa shape index (κ1) is 16.8. The number of carboxylic acid groups (broad SMARTS) is 1. The van der Waals surface area contributed by atoms with E-state index in [1.54, 1.807) is 33.8 Å². The molecule has 1 aromatic rings. The Kier molecular flexibility index (Phi) is 4.08. The molecule has 0 saturated heterocycles. The van der Waals surface area contributed by atoms with Gasteiger partial charge in [0.15, 0.2) is 0 Å². The highest BCUT2D eigenvalue weighted by Gasteiger charge is 2.39. The Labute approximate surface area is 135 Å². The highest BCUT2D eigenvalue weighted by Crippen LogP contribution is 2.40. The van der Waals surface area contributed by atoms with Gasteiger partial charge in [-0.05, 0) is 57.9 Å². The van der Waals surface area contributed by atoms with E-state index in [4.69, 9.17) is 9.84 Å². The maximum Gasteiger partial charge on any atom is 0.414 e. The maximum atomic E-state index is 12.4. The number of hydrogen-bond donors (Lipinski definition) is 1. The van der Waals surface area contributed by atoms with Crippen LogP contribution in [0, 0.1) is 11.3 Å². The van der Waals surface area contributed by atoms with Crippen LogP contribution in [-0.2, 0) is 10.2 Å². The van der Waals surface area contributed by atoms with Crippen molar-refractivity contribution in [1.29, 1.82) is 5.26 Å². The Hall–Kier alpha value is -2.55. The number of carbonyl (C=O) groups is 2. The van der Waals surface area contributed by atoms with Crippen molar-refractivity contribution in [3.63, 3.8) is 0 Å². The molecule has 1 aromatic carbocycles. The van der Waals surface area contributed by atoms with Crippen molar-refractivity contribution in [1.82, 2.24) is 0 Å². The number of nitriles is 1. The van der Waals surface area contributed by atoms with Crippen molar-refractivity contribution in [2.75, 3.05) is 11.4 Å². The fourth-order valence-electron chi connectivity index (χ4n) is 2.56. The molecule has 0 radical (unpaired) electrons. The molecule has 2 rings (SSSR count). The number of carboxylic acids is 1. The average Bonchev–Trinajstić information content (AvgIpc) is 2.45. The van der Waals surface area contributed by atoms with E-state index in [-0.39, 0.29) is 5.56 Å². The van der Waals surface area contributed by atoms with E-state index >= 15 is 0 Å². The van der Waals surface area contributed by atoms with Crippen molar-refractivity contribution in [3.8, 4) is 6.07 Å². The molecule has 0 fully saturated rings. The summed E-state index contributed by atoms with van der Waals surface area (Å²) in [6.45, 7) is 7.44. The molecule has 0 unspecified atom stereocenters. The zero-order chi connectivity index (χ0) is 17.4. The summed E-state index contributed by atoms with van der Waals surface area (Å²) in [5.74, 6) is -1.07. The minimum absolute atomic E-state index is 0.0938. The standard InChI is InChI=1S/C17H20N2O4/c1-16(2,3)23-15(22)19-8-7-17(4,10-18)12-9-11(14(20)21)5-6-13(12)19/h5-6,9H,7-8H2,1-4H3,(H,20,21)/t17-/m0/s1. The van der Waals surface area contributed by atoms with E-state index < -0.39 is 23.1 Å². The Balaban J connectivity index is 2.50. The molecule has 0 spiro atoms. The zero-order valence-corrected chi connectivity index (χ0v) is 13.7. The van der Waals surface area contributed by atoms with Crippen molar-refractivity contribution < 1.29 is 19.4 Å². The molecule has 6 heteroatoms. The second-order valence-corrected chi connectivity index (χ2v) is 6.86. The molecule has 122 valence electrons. The summed E-state index contributed by atoms with van der Waals surface area (Å²) in [5, 5.41) is 18.7. The number of carbonyl (C=O) groups excluding carboxylic acids is 1. The molecule has 1 aliphatic rings. The first-order chi connectivity index (χ1) is 10.6. The molecular formula is C17H20N2O4. The lowest BCUT2D eigenvalue weighted by Gasteiger charge is -2.37. The SMILES string of the molecule is CC(C)(C)OC(=O)N1CC[C@@](C)(C#N)c2cc(C(=O)O)ccc21. The third-order valence-corrected chi connectivity index (χ3v) is 3.82. The third-order valence-electron chi connectivity index (χ3n) is 3.82. The molecule has 0 aliphatic carbocycles. The van der Waals surface area contributed by atoms with Gasteiger partial charge in [-0.2, -0.15) is 5.26 Å². The van der Waals surface area contributed by atoms with Crippen molar-refractivity contribution in [2.24, 2.45) is 0 Å². The van der Waals surface area contributed by atoms with E-state index in [0.717, 1.165) is 0 Å². The van der Waals surface area contributed by atoms with Gasteiger partial charge in [-0.25, -0.2) is 9.59 Å². The van der Waals surface area contributed by atoms with E-state index in [2.05, 4.69) is 6.07 Å². The normalized spacial score (nSPS) is 20.4. The molecule has 1 N–H and O–H groups in total. The van der Waals surface area contributed by atoms with Crippen LogP contribution >= 0.6 is 0 Å². The van der Waals surface area contributed by atoms with Gasteiger partial charge in [0, 0.05) is 6.54 Å². The second kappa shape index (κ2) is 5.58. The van der Waals surface area contributed by atoms with E-state index in [9.17, 15) is 14.9 Å². The van der Waals surface area contributed by atoms with Crippen LogP contribution in [0.3, 0.4) is 0 Å². The Morgan fingerprint density at radius 1 is 1.39 bits per heavy atom. The highest BCUT2D eigenvalue weighted by atomic mass is 16.6. The van der Waals surface area contributed by atoms with Crippen LogP contribution in [0.25, 0.3) is 0 Å². The van der Waals surface area contributed by atoms with Crippen molar-refractivity contribution in [3.05, 3.63) is 29.3 Å². The molecule has 1 aliphatic heterocycles. The van der Waals surface area contributed by atoms with Crippen LogP contribution < -0.4 is 4.90 Å². The van der Waals surface area contributed by atoms with Crippen LogP contribution in [-0.4, -0.2) is 29.3 Å². The van der Waals surface area contributed by atoms with Gasteiger partial charge in [0.25, 0.3) is 0 Å². The summed E-state index contributed by atoms with van der Waals surface area (Å²) in [5.41, 5.74) is -0.305. The molecular weight excluding hydrogens is 296 g/mol. The lowest BCUT2D eigenvalue weighted by molar-refractivity contribution is 0.0575. The molecule has 23 heavy (non-hydrogen) atoms. The average molecular weight is 316 g/mol. The smallest absolute Gasteiger partial charge is 0.414 e. The van der Waals surface area contributed by atoms with Gasteiger partial charge in [-0.15, -0.1) is 0 Å². The minimum atomic E-state index is -1.07. The number of anilines is 1. The van der Waals surface area contributed by atoms with Crippen LogP contribution in [0.5, 0.6) is 0 Å². The monoisotopic (exact) mass is 316 g/mol. The molecule has 1 amide bonds. The van der Waals surface area contributed by atoms with Crippen molar-refractivity contribution >= 4 is 17.7 Å². The predicted molar refractivity (Wildman–Crippen MR) is 84.6 cm³/mol. The lowest BCUT2D eigenvalue weighted by Crippen LogP contribution is -2.44. The number of amides is 1. The van der Waals surface area contributed by atoms with Crippen LogP contribution in [0.15, 0.2) is 18.2 Å².